The van der Waals surface area contributed by atoms with Gasteiger partial charge in [-0.2, -0.15) is 0 Å². The third-order valence-corrected chi connectivity index (χ3v) is 4.24. The van der Waals surface area contributed by atoms with Crippen LogP contribution in [-0.4, -0.2) is 11.6 Å². The van der Waals surface area contributed by atoms with Gasteiger partial charge in [0.1, 0.15) is 17.3 Å². The van der Waals surface area contributed by atoms with Crippen LogP contribution in [0, 0.1) is 0 Å². The van der Waals surface area contributed by atoms with E-state index in [2.05, 4.69) is 0 Å². The fraction of sp³-hybridized carbons (Fsp3) is 0.182. The highest BCUT2D eigenvalue weighted by Crippen LogP contribution is 2.16. The summed E-state index contributed by atoms with van der Waals surface area (Å²) in [5, 5.41) is 0. The summed E-state index contributed by atoms with van der Waals surface area (Å²) in [4.78, 5) is 24.4. The average molecular weight is 347 g/mol. The van der Waals surface area contributed by atoms with E-state index in [0.717, 1.165) is 11.3 Å². The highest BCUT2D eigenvalue weighted by Gasteiger charge is 2.12. The van der Waals surface area contributed by atoms with Crippen molar-refractivity contribution in [1.29, 1.82) is 0 Å². The molecule has 0 saturated carbocycles. The summed E-state index contributed by atoms with van der Waals surface area (Å²) >= 11 is 0. The Morgan fingerprint density at radius 2 is 1.50 bits per heavy atom. The van der Waals surface area contributed by atoms with E-state index in [1.165, 1.54) is 0 Å². The molecule has 0 spiro atoms. The molecule has 0 amide bonds. The molecule has 4 nitrogen and oxygen atoms in total. The monoisotopic (exact) mass is 347 g/mol. The van der Waals surface area contributed by atoms with Gasteiger partial charge in [0.15, 0.2) is 5.78 Å². The first-order valence-electron chi connectivity index (χ1n) is 8.63. The quantitative estimate of drug-likeness (QED) is 0.493. The Morgan fingerprint density at radius 1 is 0.808 bits per heavy atom. The summed E-state index contributed by atoms with van der Waals surface area (Å²) in [6.07, 6.45) is 1.45. The number of furan rings is 1. The fourth-order valence-corrected chi connectivity index (χ4v) is 2.79. The molecule has 2 N–H and O–H groups in total. The molecular formula is C22H21NO3. The second-order valence-electron chi connectivity index (χ2n) is 6.25. The van der Waals surface area contributed by atoms with Crippen LogP contribution in [0.4, 0.5) is 5.69 Å². The van der Waals surface area contributed by atoms with Crippen molar-refractivity contribution in [2.75, 3.05) is 5.73 Å². The van der Waals surface area contributed by atoms with Gasteiger partial charge in [0.05, 0.1) is 6.42 Å². The van der Waals surface area contributed by atoms with Gasteiger partial charge in [-0.05, 0) is 23.8 Å². The van der Waals surface area contributed by atoms with Crippen LogP contribution in [0.15, 0.2) is 71.1 Å². The van der Waals surface area contributed by atoms with Crippen LogP contribution in [0.3, 0.4) is 0 Å². The van der Waals surface area contributed by atoms with Gasteiger partial charge in [-0.25, -0.2) is 0 Å². The number of carbonyl (C=O) groups is 2. The molecular weight excluding hydrogens is 326 g/mol. The van der Waals surface area contributed by atoms with Gasteiger partial charge >= 0.3 is 0 Å². The Balaban J connectivity index is 1.51. The summed E-state index contributed by atoms with van der Waals surface area (Å²) in [5.74, 6) is 1.46. The number of para-hydroxylation sites is 1. The first kappa shape index (κ1) is 17.7. The molecule has 0 saturated heterocycles. The van der Waals surface area contributed by atoms with Crippen molar-refractivity contribution in [3.63, 3.8) is 0 Å². The molecule has 4 heteroatoms. The van der Waals surface area contributed by atoms with Crippen LogP contribution in [-0.2, 0) is 24.1 Å². The van der Waals surface area contributed by atoms with Crippen LogP contribution >= 0.6 is 0 Å². The number of ketones is 2. The van der Waals surface area contributed by atoms with Crippen LogP contribution < -0.4 is 5.73 Å². The second-order valence-corrected chi connectivity index (χ2v) is 6.25. The third-order valence-electron chi connectivity index (χ3n) is 4.24. The molecule has 0 aliphatic rings. The van der Waals surface area contributed by atoms with E-state index in [1.807, 2.05) is 42.5 Å². The Bertz CT molecular complexity index is 897. The number of benzene rings is 2. The van der Waals surface area contributed by atoms with Crippen molar-refractivity contribution in [3.05, 3.63) is 89.4 Å². The molecule has 3 rings (SSSR count). The molecule has 2 aromatic carbocycles. The number of hydrogen-bond acceptors (Lipinski definition) is 4. The van der Waals surface area contributed by atoms with Crippen LogP contribution in [0.25, 0.3) is 0 Å². The Kier molecular flexibility index (Phi) is 5.64. The van der Waals surface area contributed by atoms with Gasteiger partial charge < -0.3 is 10.2 Å². The lowest BCUT2D eigenvalue weighted by atomic mass is 10.0. The molecule has 132 valence electrons. The lowest BCUT2D eigenvalue weighted by molar-refractivity contribution is -0.118. The summed E-state index contributed by atoms with van der Waals surface area (Å²) in [6, 6.07) is 20.2. The van der Waals surface area contributed by atoms with Crippen molar-refractivity contribution < 1.29 is 14.0 Å². The number of carbonyl (C=O) groups excluding carboxylic acids is 2. The molecule has 3 aromatic rings. The molecule has 0 bridgehead atoms. The molecule has 26 heavy (non-hydrogen) atoms. The maximum absolute atomic E-state index is 12.2. The normalized spacial score (nSPS) is 10.6. The minimum atomic E-state index is 0.0159. The van der Waals surface area contributed by atoms with Gasteiger partial charge in [0.2, 0.25) is 0 Å². The van der Waals surface area contributed by atoms with E-state index in [1.54, 1.807) is 24.3 Å². The van der Waals surface area contributed by atoms with E-state index < -0.39 is 0 Å². The van der Waals surface area contributed by atoms with Crippen LogP contribution in [0.2, 0.25) is 0 Å². The summed E-state index contributed by atoms with van der Waals surface area (Å²) in [7, 11) is 0. The first-order valence-corrected chi connectivity index (χ1v) is 8.63. The molecule has 0 unspecified atom stereocenters. The number of aryl methyl sites for hydroxylation is 1. The molecule has 0 radical (unpaired) electrons. The zero-order chi connectivity index (χ0) is 18.4. The van der Waals surface area contributed by atoms with Gasteiger partial charge in [-0.15, -0.1) is 0 Å². The molecule has 1 aromatic heterocycles. The fourth-order valence-electron chi connectivity index (χ4n) is 2.79. The number of Topliss-reactive ketones (excluding diaryl/α,β-unsaturated/α-hetero) is 2. The van der Waals surface area contributed by atoms with E-state index in [9.17, 15) is 9.59 Å². The van der Waals surface area contributed by atoms with E-state index in [0.29, 0.717) is 36.3 Å². The second kappa shape index (κ2) is 8.30. The number of anilines is 1. The largest absolute Gasteiger partial charge is 0.466 e. The van der Waals surface area contributed by atoms with Gasteiger partial charge in [0, 0.05) is 30.5 Å². The first-order chi connectivity index (χ1) is 12.6. The van der Waals surface area contributed by atoms with Crippen molar-refractivity contribution >= 4 is 17.3 Å². The lowest BCUT2D eigenvalue weighted by Gasteiger charge is -2.04. The van der Waals surface area contributed by atoms with Crippen LogP contribution in [0.1, 0.15) is 33.9 Å². The van der Waals surface area contributed by atoms with Crippen molar-refractivity contribution in [2.24, 2.45) is 0 Å². The van der Waals surface area contributed by atoms with E-state index in [-0.39, 0.29) is 18.0 Å². The number of nitrogens with two attached hydrogens (primary N) is 1. The number of rotatable bonds is 8. The molecule has 0 aliphatic carbocycles. The molecule has 1 heterocycles. The Morgan fingerprint density at radius 3 is 2.27 bits per heavy atom. The zero-order valence-corrected chi connectivity index (χ0v) is 14.5. The third kappa shape index (κ3) is 4.70. The van der Waals surface area contributed by atoms with Crippen LogP contribution in [0.5, 0.6) is 0 Å². The summed E-state index contributed by atoms with van der Waals surface area (Å²) in [6.45, 7) is 0. The number of nitrogen functional groups attached to an aromatic ring is 1. The van der Waals surface area contributed by atoms with E-state index in [4.69, 9.17) is 10.2 Å². The average Bonchev–Trinajstić information content (AvgIpc) is 3.10. The molecule has 0 fully saturated rings. The highest BCUT2D eigenvalue weighted by atomic mass is 16.3. The van der Waals surface area contributed by atoms with Crippen molar-refractivity contribution in [3.8, 4) is 0 Å². The molecule has 0 atom stereocenters. The zero-order valence-electron chi connectivity index (χ0n) is 14.5. The highest BCUT2D eigenvalue weighted by molar-refractivity contribution is 5.97. The lowest BCUT2D eigenvalue weighted by Crippen LogP contribution is -2.06. The summed E-state index contributed by atoms with van der Waals surface area (Å²) < 4.78 is 5.70. The minimum Gasteiger partial charge on any atom is -0.466 e. The Hall–Kier alpha value is -3.14. The van der Waals surface area contributed by atoms with Gasteiger partial charge in [-0.3, -0.25) is 9.59 Å². The van der Waals surface area contributed by atoms with E-state index >= 15 is 0 Å². The van der Waals surface area contributed by atoms with Crippen molar-refractivity contribution in [2.45, 2.75) is 25.7 Å². The maximum atomic E-state index is 12.2. The van der Waals surface area contributed by atoms with Crippen molar-refractivity contribution in [1.82, 2.24) is 0 Å². The SMILES string of the molecule is Nc1ccccc1CC(=O)CCc1ccc(CC(=O)c2ccccc2)o1. The topological polar surface area (TPSA) is 73.3 Å². The molecule has 0 aliphatic heterocycles. The van der Waals surface area contributed by atoms with Gasteiger partial charge in [0.25, 0.3) is 0 Å². The Labute approximate surface area is 152 Å². The predicted octanol–water partition coefficient (Wildman–Crippen LogP) is 4.03. The standard InChI is InChI=1S/C22H21NO3/c23-21-9-5-4-8-17(21)14-18(24)10-11-19-12-13-20(26-19)15-22(25)16-6-2-1-3-7-16/h1-9,12-13H,10-11,14-15,23H2. The summed E-state index contributed by atoms with van der Waals surface area (Å²) in [5.41, 5.74) is 8.03. The predicted molar refractivity (Wildman–Crippen MR) is 101 cm³/mol. The number of hydrogen-bond donors (Lipinski definition) is 1. The maximum Gasteiger partial charge on any atom is 0.170 e. The smallest absolute Gasteiger partial charge is 0.170 e. The minimum absolute atomic E-state index is 0.0159. The van der Waals surface area contributed by atoms with Gasteiger partial charge in [-0.1, -0.05) is 48.5 Å².